The third-order valence-electron chi connectivity index (χ3n) is 4.26. The van der Waals surface area contributed by atoms with Crippen molar-refractivity contribution in [3.63, 3.8) is 0 Å². The first-order valence-corrected chi connectivity index (χ1v) is 7.88. The zero-order valence-corrected chi connectivity index (χ0v) is 13.3. The molecule has 1 saturated heterocycles. The highest BCUT2D eigenvalue weighted by Gasteiger charge is 2.24. The average Bonchev–Trinajstić information content (AvgIpc) is 2.55. The summed E-state index contributed by atoms with van der Waals surface area (Å²) in [6.07, 6.45) is 7.44. The van der Waals surface area contributed by atoms with Gasteiger partial charge in [-0.25, -0.2) is 9.97 Å². The zero-order valence-electron chi connectivity index (χ0n) is 13.3. The van der Waals surface area contributed by atoms with Gasteiger partial charge >= 0.3 is 0 Å². The van der Waals surface area contributed by atoms with Crippen LogP contribution in [0.1, 0.15) is 46.2 Å². The van der Waals surface area contributed by atoms with Crippen molar-refractivity contribution >= 4 is 5.91 Å². The van der Waals surface area contributed by atoms with Crippen LogP contribution in [-0.4, -0.2) is 38.8 Å². The summed E-state index contributed by atoms with van der Waals surface area (Å²) < 4.78 is 0. The highest BCUT2D eigenvalue weighted by Crippen LogP contribution is 2.25. The molecular weight excluding hydrogens is 290 g/mol. The summed E-state index contributed by atoms with van der Waals surface area (Å²) in [5, 5.41) is 0. The van der Waals surface area contributed by atoms with Crippen LogP contribution in [-0.2, 0) is 6.54 Å². The molecule has 0 aromatic carbocycles. The quantitative estimate of drug-likeness (QED) is 0.928. The topological polar surface area (TPSA) is 85.0 Å². The fourth-order valence-corrected chi connectivity index (χ4v) is 3.08. The van der Waals surface area contributed by atoms with Crippen molar-refractivity contribution in [2.45, 2.75) is 32.2 Å². The van der Waals surface area contributed by atoms with Crippen LogP contribution in [0, 0.1) is 6.92 Å². The number of aromatic nitrogens is 3. The number of nitrogens with zero attached hydrogens (tertiary/aromatic N) is 4. The van der Waals surface area contributed by atoms with Gasteiger partial charge in [-0.3, -0.25) is 14.7 Å². The first-order valence-electron chi connectivity index (χ1n) is 7.88. The fourth-order valence-electron chi connectivity index (χ4n) is 3.08. The molecule has 6 nitrogen and oxygen atoms in total. The summed E-state index contributed by atoms with van der Waals surface area (Å²) in [6, 6.07) is 4.06. The summed E-state index contributed by atoms with van der Waals surface area (Å²) in [4.78, 5) is 26.8. The Kier molecular flexibility index (Phi) is 4.62. The molecule has 1 unspecified atom stereocenters. The van der Waals surface area contributed by atoms with Gasteiger partial charge in [-0.1, -0.05) is 6.07 Å². The molecule has 1 atom stereocenters. The van der Waals surface area contributed by atoms with E-state index in [0.717, 1.165) is 38.3 Å². The Morgan fingerprint density at radius 1 is 1.43 bits per heavy atom. The molecule has 6 heteroatoms. The van der Waals surface area contributed by atoms with Crippen LogP contribution in [0.5, 0.6) is 0 Å². The van der Waals surface area contributed by atoms with Crippen LogP contribution in [0.4, 0.5) is 0 Å². The predicted octanol–water partition coefficient (Wildman–Crippen LogP) is 1.66. The molecule has 3 heterocycles. The van der Waals surface area contributed by atoms with E-state index in [4.69, 9.17) is 5.73 Å². The molecule has 0 aliphatic carbocycles. The molecule has 0 saturated carbocycles. The van der Waals surface area contributed by atoms with E-state index in [2.05, 4.69) is 25.9 Å². The third kappa shape index (κ3) is 3.71. The molecule has 2 aromatic rings. The van der Waals surface area contributed by atoms with Crippen molar-refractivity contribution in [3.05, 3.63) is 53.4 Å². The maximum absolute atomic E-state index is 11.3. The molecule has 23 heavy (non-hydrogen) atoms. The summed E-state index contributed by atoms with van der Waals surface area (Å²) >= 11 is 0. The number of carbonyl (C=O) groups is 1. The van der Waals surface area contributed by atoms with Crippen molar-refractivity contribution in [1.82, 2.24) is 19.9 Å². The van der Waals surface area contributed by atoms with E-state index in [1.165, 1.54) is 5.56 Å². The average molecular weight is 311 g/mol. The van der Waals surface area contributed by atoms with E-state index in [1.54, 1.807) is 12.4 Å². The van der Waals surface area contributed by atoms with Crippen molar-refractivity contribution in [3.8, 4) is 0 Å². The molecule has 2 N–H and O–H groups in total. The number of hydrogen-bond donors (Lipinski definition) is 1. The molecule has 1 fully saturated rings. The van der Waals surface area contributed by atoms with E-state index in [0.29, 0.717) is 17.2 Å². The van der Waals surface area contributed by atoms with E-state index in [-0.39, 0.29) is 0 Å². The maximum Gasteiger partial charge on any atom is 0.252 e. The third-order valence-corrected chi connectivity index (χ3v) is 4.26. The second-order valence-electron chi connectivity index (χ2n) is 6.03. The number of nitrogens with two attached hydrogens (primary N) is 1. The van der Waals surface area contributed by atoms with E-state index < -0.39 is 5.91 Å². The first-order chi connectivity index (χ1) is 11.1. The van der Waals surface area contributed by atoms with Crippen molar-refractivity contribution in [2.75, 3.05) is 13.1 Å². The molecule has 0 radical (unpaired) electrons. The number of amides is 1. The number of rotatable bonds is 4. The van der Waals surface area contributed by atoms with Crippen LogP contribution in [0.15, 0.2) is 30.7 Å². The van der Waals surface area contributed by atoms with Crippen LogP contribution in [0.25, 0.3) is 0 Å². The molecular formula is C17H21N5O. The van der Waals surface area contributed by atoms with Crippen molar-refractivity contribution in [2.24, 2.45) is 5.73 Å². The van der Waals surface area contributed by atoms with Gasteiger partial charge in [-0.2, -0.15) is 0 Å². The summed E-state index contributed by atoms with van der Waals surface area (Å²) in [7, 11) is 0. The first kappa shape index (κ1) is 15.6. The highest BCUT2D eigenvalue weighted by molar-refractivity contribution is 5.93. The monoisotopic (exact) mass is 311 g/mol. The lowest BCUT2D eigenvalue weighted by atomic mass is 9.96. The molecule has 3 rings (SSSR count). The summed E-state index contributed by atoms with van der Waals surface area (Å²) in [5.41, 5.74) is 7.59. The molecule has 120 valence electrons. The molecule has 1 aliphatic heterocycles. The Morgan fingerprint density at radius 2 is 2.30 bits per heavy atom. The molecule has 0 bridgehead atoms. The van der Waals surface area contributed by atoms with Gasteiger partial charge < -0.3 is 5.73 Å². The Hall–Kier alpha value is -2.34. The van der Waals surface area contributed by atoms with Gasteiger partial charge in [0.1, 0.15) is 5.82 Å². The van der Waals surface area contributed by atoms with Gasteiger partial charge in [0, 0.05) is 37.6 Å². The van der Waals surface area contributed by atoms with Gasteiger partial charge in [-0.15, -0.1) is 0 Å². The lowest BCUT2D eigenvalue weighted by molar-refractivity contribution is 0.0998. The second kappa shape index (κ2) is 6.83. The van der Waals surface area contributed by atoms with Crippen molar-refractivity contribution in [1.29, 1.82) is 0 Å². The molecule has 0 spiro atoms. The van der Waals surface area contributed by atoms with Crippen LogP contribution in [0.3, 0.4) is 0 Å². The lowest BCUT2D eigenvalue weighted by Gasteiger charge is -2.32. The fraction of sp³-hybridized carbons (Fsp3) is 0.412. The second-order valence-corrected chi connectivity index (χ2v) is 6.03. The number of carbonyl (C=O) groups excluding carboxylic acids is 1. The minimum absolute atomic E-state index is 0.293. The standard InChI is InChI=1S/C17H21N5O/c1-12-15(16(18)23)9-20-17(21-12)14-5-3-7-22(11-14)10-13-4-2-6-19-8-13/h2,4,6,8-9,14H,3,5,7,10-11H2,1H3,(H2,18,23). The Balaban J connectivity index is 1.71. The molecule has 1 amide bonds. The largest absolute Gasteiger partial charge is 0.365 e. The minimum Gasteiger partial charge on any atom is -0.365 e. The number of primary amides is 1. The number of pyridine rings is 1. The zero-order chi connectivity index (χ0) is 16.2. The smallest absolute Gasteiger partial charge is 0.252 e. The van der Waals surface area contributed by atoms with Gasteiger partial charge in [0.15, 0.2) is 0 Å². The Morgan fingerprint density at radius 3 is 3.00 bits per heavy atom. The number of likely N-dealkylation sites (tertiary alicyclic amines) is 1. The predicted molar refractivity (Wildman–Crippen MR) is 86.8 cm³/mol. The summed E-state index contributed by atoms with van der Waals surface area (Å²) in [6.45, 7) is 4.69. The normalized spacial score (nSPS) is 18.7. The number of hydrogen-bond acceptors (Lipinski definition) is 5. The van der Waals surface area contributed by atoms with E-state index in [1.807, 2.05) is 19.2 Å². The number of aryl methyl sites for hydroxylation is 1. The summed E-state index contributed by atoms with van der Waals surface area (Å²) in [5.74, 6) is 0.625. The SMILES string of the molecule is Cc1nc(C2CCCN(Cc3cccnc3)C2)ncc1C(N)=O. The molecule has 1 aliphatic rings. The number of piperidine rings is 1. The maximum atomic E-state index is 11.3. The van der Waals surface area contributed by atoms with E-state index >= 15 is 0 Å². The van der Waals surface area contributed by atoms with Crippen LogP contribution < -0.4 is 5.73 Å². The molecule has 2 aromatic heterocycles. The van der Waals surface area contributed by atoms with Crippen LogP contribution >= 0.6 is 0 Å². The Labute approximate surface area is 135 Å². The highest BCUT2D eigenvalue weighted by atomic mass is 16.1. The van der Waals surface area contributed by atoms with Gasteiger partial charge in [0.25, 0.3) is 5.91 Å². The van der Waals surface area contributed by atoms with Crippen molar-refractivity contribution < 1.29 is 4.79 Å². The van der Waals surface area contributed by atoms with Gasteiger partial charge in [-0.05, 0) is 37.9 Å². The van der Waals surface area contributed by atoms with Gasteiger partial charge in [0.05, 0.1) is 11.3 Å². The lowest BCUT2D eigenvalue weighted by Crippen LogP contribution is -2.34. The minimum atomic E-state index is -0.476. The Bertz CT molecular complexity index is 689. The van der Waals surface area contributed by atoms with Gasteiger partial charge in [0.2, 0.25) is 0 Å². The van der Waals surface area contributed by atoms with E-state index in [9.17, 15) is 4.79 Å². The van der Waals surface area contributed by atoms with Crippen LogP contribution in [0.2, 0.25) is 0 Å².